The van der Waals surface area contributed by atoms with E-state index in [1.54, 1.807) is 0 Å². The van der Waals surface area contributed by atoms with Crippen LogP contribution >= 0.6 is 0 Å². The van der Waals surface area contributed by atoms with Crippen molar-refractivity contribution in [3.63, 3.8) is 0 Å². The van der Waals surface area contributed by atoms with E-state index in [1.807, 2.05) is 6.08 Å². The molecule has 4 rings (SSSR count). The Morgan fingerprint density at radius 2 is 2.00 bits per heavy atom. The van der Waals surface area contributed by atoms with E-state index in [9.17, 15) is 4.79 Å². The number of nitrogens with one attached hydrogen (secondary N) is 2. The fourth-order valence-corrected chi connectivity index (χ4v) is 4.59. The molecule has 2 N–H and O–H groups in total. The van der Waals surface area contributed by atoms with E-state index in [1.165, 1.54) is 55.7 Å². The zero-order chi connectivity index (χ0) is 19.0. The lowest BCUT2D eigenvalue weighted by Gasteiger charge is -2.15. The van der Waals surface area contributed by atoms with E-state index in [2.05, 4.69) is 41.2 Å². The van der Waals surface area contributed by atoms with Crippen LogP contribution in [0.15, 0.2) is 10.7 Å². The van der Waals surface area contributed by atoms with E-state index in [0.717, 1.165) is 36.2 Å². The summed E-state index contributed by atoms with van der Waals surface area (Å²) >= 11 is 0. The minimum absolute atomic E-state index is 0.0607. The fourth-order valence-electron chi connectivity index (χ4n) is 4.59. The van der Waals surface area contributed by atoms with Crippen LogP contribution in [-0.4, -0.2) is 41.1 Å². The number of rotatable bonds is 7. The van der Waals surface area contributed by atoms with E-state index >= 15 is 0 Å². The van der Waals surface area contributed by atoms with E-state index in [0.29, 0.717) is 11.8 Å². The van der Waals surface area contributed by atoms with Crippen LogP contribution in [0.5, 0.6) is 0 Å². The summed E-state index contributed by atoms with van der Waals surface area (Å²) in [4.78, 5) is 18.5. The molecule has 3 aliphatic rings. The van der Waals surface area contributed by atoms with Gasteiger partial charge in [-0.15, -0.1) is 0 Å². The van der Waals surface area contributed by atoms with Gasteiger partial charge in [-0.2, -0.15) is 5.10 Å². The first kappa shape index (κ1) is 18.5. The first-order chi connectivity index (χ1) is 13.0. The summed E-state index contributed by atoms with van der Waals surface area (Å²) in [7, 11) is 0. The van der Waals surface area contributed by atoms with Gasteiger partial charge in [-0.3, -0.25) is 4.79 Å². The first-order valence-electron chi connectivity index (χ1n) is 10.6. The Kier molecular flexibility index (Phi) is 5.22. The molecule has 1 aromatic rings. The topological polar surface area (TPSA) is 60.5 Å². The molecule has 0 radical (unpaired) electrons. The van der Waals surface area contributed by atoms with Crippen LogP contribution in [0.1, 0.15) is 74.4 Å². The molecular weight excluding hydrogens is 336 g/mol. The monoisotopic (exact) mass is 368 g/mol. The normalized spacial score (nSPS) is 22.1. The maximum absolute atomic E-state index is 12.3. The van der Waals surface area contributed by atoms with Crippen molar-refractivity contribution < 1.29 is 4.79 Å². The number of aryl methyl sites for hydroxylation is 1. The van der Waals surface area contributed by atoms with E-state index in [-0.39, 0.29) is 5.91 Å². The molecule has 1 amide bonds. The van der Waals surface area contributed by atoms with Crippen molar-refractivity contribution in [3.05, 3.63) is 28.1 Å². The first-order valence-corrected chi connectivity index (χ1v) is 10.6. The summed E-state index contributed by atoms with van der Waals surface area (Å²) in [6.45, 7) is 10.4. The van der Waals surface area contributed by atoms with Gasteiger partial charge in [0.05, 0.1) is 11.3 Å². The van der Waals surface area contributed by atoms with Crippen LogP contribution in [0, 0.1) is 12.8 Å². The largest absolute Gasteiger partial charge is 0.359 e. The zero-order valence-corrected chi connectivity index (χ0v) is 16.9. The molecule has 5 heteroatoms. The van der Waals surface area contributed by atoms with Crippen LogP contribution in [-0.2, 0) is 11.2 Å². The molecule has 2 fully saturated rings. The number of aromatic amines is 1. The number of hydrazone groups is 1. The van der Waals surface area contributed by atoms with Crippen LogP contribution < -0.4 is 5.43 Å². The van der Waals surface area contributed by atoms with Gasteiger partial charge >= 0.3 is 0 Å². The van der Waals surface area contributed by atoms with Gasteiger partial charge in [0.2, 0.25) is 0 Å². The standard InChI is InChI=1S/C22H32N4O/c1-14(2)20-17(7-6-12-26-10-4-5-11-26)15(3)23-19(20)13-18-21(16-8-9-16)24-25-22(18)27/h13-14,16,23H,4-12H2,1-3H3,(H,25,27)/b18-13+. The fraction of sp³-hybridized carbons (Fsp3) is 0.636. The van der Waals surface area contributed by atoms with E-state index in [4.69, 9.17) is 0 Å². The molecule has 1 saturated heterocycles. The number of hydrogen-bond donors (Lipinski definition) is 2. The molecule has 146 valence electrons. The molecule has 1 saturated carbocycles. The van der Waals surface area contributed by atoms with Gasteiger partial charge in [0, 0.05) is 17.3 Å². The molecule has 1 aromatic heterocycles. The summed E-state index contributed by atoms with van der Waals surface area (Å²) in [5.41, 5.74) is 9.53. The molecule has 2 aliphatic heterocycles. The maximum Gasteiger partial charge on any atom is 0.273 e. The van der Waals surface area contributed by atoms with Gasteiger partial charge in [-0.1, -0.05) is 13.8 Å². The minimum atomic E-state index is -0.0607. The third-order valence-corrected chi connectivity index (χ3v) is 6.12. The number of H-pyrrole nitrogens is 1. The summed E-state index contributed by atoms with van der Waals surface area (Å²) in [6.07, 6.45) is 9.35. The average molecular weight is 369 g/mol. The average Bonchev–Trinajstić information content (AvgIpc) is 3.06. The van der Waals surface area contributed by atoms with E-state index < -0.39 is 0 Å². The molecule has 0 spiro atoms. The summed E-state index contributed by atoms with van der Waals surface area (Å²) < 4.78 is 0. The van der Waals surface area contributed by atoms with Crippen molar-refractivity contribution in [2.45, 2.75) is 65.2 Å². The lowest BCUT2D eigenvalue weighted by Crippen LogP contribution is -2.20. The SMILES string of the molecule is Cc1[nH]c(/C=C2/C(=O)NN=C2C2CC2)c(C(C)C)c1CCCN1CCCC1. The van der Waals surface area contributed by atoms with Crippen molar-refractivity contribution in [2.24, 2.45) is 11.0 Å². The summed E-state index contributed by atoms with van der Waals surface area (Å²) in [5, 5.41) is 4.28. The summed E-state index contributed by atoms with van der Waals surface area (Å²) in [5.74, 6) is 0.831. The van der Waals surface area contributed by atoms with Crippen molar-refractivity contribution in [2.75, 3.05) is 19.6 Å². The third kappa shape index (κ3) is 3.88. The highest BCUT2D eigenvalue weighted by Crippen LogP contribution is 2.36. The van der Waals surface area contributed by atoms with Crippen LogP contribution in [0.2, 0.25) is 0 Å². The second kappa shape index (κ2) is 7.63. The highest BCUT2D eigenvalue weighted by Gasteiger charge is 2.36. The van der Waals surface area contributed by atoms with Gasteiger partial charge in [0.1, 0.15) is 0 Å². The highest BCUT2D eigenvalue weighted by atomic mass is 16.2. The number of aromatic nitrogens is 1. The van der Waals surface area contributed by atoms with Crippen molar-refractivity contribution in [3.8, 4) is 0 Å². The Labute approximate surface area is 162 Å². The lowest BCUT2D eigenvalue weighted by atomic mass is 9.93. The molecule has 0 bridgehead atoms. The molecule has 0 unspecified atom stereocenters. The molecule has 1 aliphatic carbocycles. The molecule has 5 nitrogen and oxygen atoms in total. The van der Waals surface area contributed by atoms with Crippen molar-refractivity contribution >= 4 is 17.7 Å². The van der Waals surface area contributed by atoms with Crippen LogP contribution in [0.25, 0.3) is 6.08 Å². The number of carbonyl (C=O) groups is 1. The van der Waals surface area contributed by atoms with Crippen molar-refractivity contribution in [1.82, 2.24) is 15.3 Å². The Morgan fingerprint density at radius 1 is 1.26 bits per heavy atom. The number of likely N-dealkylation sites (tertiary alicyclic amines) is 1. The smallest absolute Gasteiger partial charge is 0.273 e. The quantitative estimate of drug-likeness (QED) is 0.720. The molecule has 3 heterocycles. The molecule has 0 aromatic carbocycles. The summed E-state index contributed by atoms with van der Waals surface area (Å²) in [6, 6.07) is 0. The second-order valence-electron chi connectivity index (χ2n) is 8.63. The van der Waals surface area contributed by atoms with Gasteiger partial charge in [-0.25, -0.2) is 5.43 Å². The van der Waals surface area contributed by atoms with Crippen LogP contribution in [0.4, 0.5) is 0 Å². The Balaban J connectivity index is 1.56. The second-order valence-corrected chi connectivity index (χ2v) is 8.63. The number of nitrogens with zero attached hydrogens (tertiary/aromatic N) is 2. The maximum atomic E-state index is 12.3. The van der Waals surface area contributed by atoms with Gasteiger partial charge in [0.15, 0.2) is 0 Å². The van der Waals surface area contributed by atoms with Gasteiger partial charge < -0.3 is 9.88 Å². The highest BCUT2D eigenvalue weighted by molar-refractivity contribution is 6.28. The zero-order valence-electron chi connectivity index (χ0n) is 16.9. The molecule has 0 atom stereocenters. The lowest BCUT2D eigenvalue weighted by molar-refractivity contribution is -0.116. The predicted molar refractivity (Wildman–Crippen MR) is 110 cm³/mol. The van der Waals surface area contributed by atoms with Gasteiger partial charge in [-0.05, 0) is 88.2 Å². The number of carbonyl (C=O) groups excluding carboxylic acids is 1. The minimum Gasteiger partial charge on any atom is -0.359 e. The number of amides is 1. The van der Waals surface area contributed by atoms with Crippen molar-refractivity contribution in [1.29, 1.82) is 0 Å². The number of hydrogen-bond acceptors (Lipinski definition) is 3. The predicted octanol–water partition coefficient (Wildman–Crippen LogP) is 3.75. The Bertz CT molecular complexity index is 776. The Morgan fingerprint density at radius 3 is 2.67 bits per heavy atom. The van der Waals surface area contributed by atoms with Gasteiger partial charge in [0.25, 0.3) is 5.91 Å². The Hall–Kier alpha value is -1.88. The molecular formula is C22H32N4O. The third-order valence-electron chi connectivity index (χ3n) is 6.12. The van der Waals surface area contributed by atoms with Crippen LogP contribution in [0.3, 0.4) is 0 Å². The molecule has 27 heavy (non-hydrogen) atoms.